The Bertz CT molecular complexity index is 617. The van der Waals surface area contributed by atoms with Crippen LogP contribution in [0.25, 0.3) is 10.9 Å². The van der Waals surface area contributed by atoms with Crippen LogP contribution in [0.15, 0.2) is 18.3 Å². The van der Waals surface area contributed by atoms with Gasteiger partial charge in [0.05, 0.1) is 31.7 Å². The third kappa shape index (κ3) is 2.29. The molecule has 0 bridgehead atoms. The number of hydrogen-bond donors (Lipinski definition) is 1. The average molecular weight is 262 g/mol. The topological polar surface area (TPSA) is 52.5 Å². The Morgan fingerprint density at radius 3 is 2.63 bits per heavy atom. The van der Waals surface area contributed by atoms with E-state index in [2.05, 4.69) is 5.32 Å². The van der Waals surface area contributed by atoms with E-state index >= 15 is 0 Å². The molecule has 2 aromatic rings. The van der Waals surface area contributed by atoms with Crippen molar-refractivity contribution < 1.29 is 14.3 Å². The van der Waals surface area contributed by atoms with Crippen LogP contribution in [0.3, 0.4) is 0 Å². The van der Waals surface area contributed by atoms with Gasteiger partial charge in [-0.25, -0.2) is 0 Å². The number of benzene rings is 1. The molecule has 1 heterocycles. The summed E-state index contributed by atoms with van der Waals surface area (Å²) in [6.07, 6.45) is 1.83. The number of aromatic nitrogens is 1. The second kappa shape index (κ2) is 5.32. The smallest absolute Gasteiger partial charge is 0.178 e. The number of nitrogens with one attached hydrogen (secondary N) is 1. The zero-order valence-corrected chi connectivity index (χ0v) is 11.6. The van der Waals surface area contributed by atoms with Crippen molar-refractivity contribution in [1.29, 1.82) is 0 Å². The van der Waals surface area contributed by atoms with Crippen LogP contribution in [0.4, 0.5) is 0 Å². The normalized spacial score (nSPS) is 10.7. The van der Waals surface area contributed by atoms with Gasteiger partial charge in [-0.1, -0.05) is 0 Å². The standard InChI is InChI=1S/C14H18N2O3/c1-15-7-12(17)10-8-16(2)11-5-9(18-3)6-13(19-4)14(10)11/h5-6,8,15H,7H2,1-4H3. The number of ether oxygens (including phenoxy) is 2. The maximum atomic E-state index is 12.1. The van der Waals surface area contributed by atoms with Gasteiger partial charge < -0.3 is 19.4 Å². The lowest BCUT2D eigenvalue weighted by Gasteiger charge is -2.08. The molecule has 5 nitrogen and oxygen atoms in total. The molecular formula is C14H18N2O3. The quantitative estimate of drug-likeness (QED) is 0.832. The van der Waals surface area contributed by atoms with E-state index in [1.54, 1.807) is 27.3 Å². The fourth-order valence-corrected chi connectivity index (χ4v) is 2.20. The van der Waals surface area contributed by atoms with Gasteiger partial charge in [0.1, 0.15) is 11.5 Å². The second-order valence-electron chi connectivity index (χ2n) is 4.33. The summed E-state index contributed by atoms with van der Waals surface area (Å²) in [6.45, 7) is 0.300. The van der Waals surface area contributed by atoms with Crippen LogP contribution in [0.1, 0.15) is 10.4 Å². The lowest BCUT2D eigenvalue weighted by atomic mass is 10.1. The van der Waals surface area contributed by atoms with Gasteiger partial charge in [-0.15, -0.1) is 0 Å². The molecule has 0 spiro atoms. The van der Waals surface area contributed by atoms with Crippen molar-refractivity contribution in [2.45, 2.75) is 0 Å². The maximum absolute atomic E-state index is 12.1. The molecule has 102 valence electrons. The van der Waals surface area contributed by atoms with E-state index in [1.807, 2.05) is 23.9 Å². The molecule has 0 aliphatic heterocycles. The molecule has 0 fully saturated rings. The molecular weight excluding hydrogens is 244 g/mol. The molecule has 2 rings (SSSR count). The van der Waals surface area contributed by atoms with E-state index < -0.39 is 0 Å². The molecule has 0 amide bonds. The largest absolute Gasteiger partial charge is 0.497 e. The van der Waals surface area contributed by atoms with Gasteiger partial charge >= 0.3 is 0 Å². The van der Waals surface area contributed by atoms with Crippen LogP contribution < -0.4 is 14.8 Å². The average Bonchev–Trinajstić information content (AvgIpc) is 2.75. The van der Waals surface area contributed by atoms with E-state index in [9.17, 15) is 4.79 Å². The highest BCUT2D eigenvalue weighted by atomic mass is 16.5. The minimum Gasteiger partial charge on any atom is -0.497 e. The lowest BCUT2D eigenvalue weighted by Crippen LogP contribution is -2.18. The predicted octanol–water partition coefficient (Wildman–Crippen LogP) is 1.60. The first-order valence-corrected chi connectivity index (χ1v) is 6.01. The number of rotatable bonds is 5. The number of carbonyl (C=O) groups is 1. The van der Waals surface area contributed by atoms with E-state index in [1.165, 1.54) is 0 Å². The molecule has 0 atom stereocenters. The molecule has 0 aliphatic rings. The van der Waals surface area contributed by atoms with Crippen molar-refractivity contribution in [1.82, 2.24) is 9.88 Å². The number of carbonyl (C=O) groups excluding carboxylic acids is 1. The van der Waals surface area contributed by atoms with Gasteiger partial charge in [-0.3, -0.25) is 4.79 Å². The Morgan fingerprint density at radius 2 is 2.05 bits per heavy atom. The van der Waals surface area contributed by atoms with Crippen LogP contribution in [-0.4, -0.2) is 38.2 Å². The van der Waals surface area contributed by atoms with Gasteiger partial charge in [0, 0.05) is 30.9 Å². The summed E-state index contributed by atoms with van der Waals surface area (Å²) in [6, 6.07) is 3.69. The Morgan fingerprint density at radius 1 is 1.32 bits per heavy atom. The van der Waals surface area contributed by atoms with Crippen LogP contribution in [0.5, 0.6) is 11.5 Å². The summed E-state index contributed by atoms with van der Waals surface area (Å²) in [5.41, 5.74) is 1.57. The SMILES string of the molecule is CNCC(=O)c1cn(C)c2cc(OC)cc(OC)c12. The molecule has 0 saturated heterocycles. The molecule has 5 heteroatoms. The van der Waals surface area contributed by atoms with Crippen molar-refractivity contribution in [2.75, 3.05) is 27.8 Å². The predicted molar refractivity (Wildman–Crippen MR) is 74.3 cm³/mol. The molecule has 0 unspecified atom stereocenters. The number of aryl methyl sites for hydroxylation is 1. The zero-order valence-electron chi connectivity index (χ0n) is 11.6. The number of nitrogens with zero attached hydrogens (tertiary/aromatic N) is 1. The first-order valence-electron chi connectivity index (χ1n) is 6.01. The van der Waals surface area contributed by atoms with Gasteiger partial charge in [-0.2, -0.15) is 0 Å². The van der Waals surface area contributed by atoms with Crippen molar-refractivity contribution in [3.05, 3.63) is 23.9 Å². The van der Waals surface area contributed by atoms with Crippen LogP contribution >= 0.6 is 0 Å². The number of Topliss-reactive ketones (excluding diaryl/α,β-unsaturated/α-hetero) is 1. The molecule has 0 radical (unpaired) electrons. The fraction of sp³-hybridized carbons (Fsp3) is 0.357. The third-order valence-electron chi connectivity index (χ3n) is 3.12. The Hall–Kier alpha value is -2.01. The molecule has 1 aromatic carbocycles. The fourth-order valence-electron chi connectivity index (χ4n) is 2.20. The summed E-state index contributed by atoms with van der Waals surface area (Å²) in [4.78, 5) is 12.1. The van der Waals surface area contributed by atoms with Gasteiger partial charge in [0.2, 0.25) is 0 Å². The summed E-state index contributed by atoms with van der Waals surface area (Å²) in [5, 5.41) is 3.70. The number of likely N-dealkylation sites (N-methyl/N-ethyl adjacent to an activating group) is 1. The number of ketones is 1. The Balaban J connectivity index is 2.70. The molecule has 0 aliphatic carbocycles. The van der Waals surface area contributed by atoms with Crippen molar-refractivity contribution in [3.8, 4) is 11.5 Å². The Kier molecular flexibility index (Phi) is 3.76. The Labute approximate surface area is 112 Å². The number of methoxy groups -OCH3 is 2. The van der Waals surface area contributed by atoms with Crippen molar-refractivity contribution >= 4 is 16.7 Å². The van der Waals surface area contributed by atoms with Crippen LogP contribution in [0, 0.1) is 0 Å². The summed E-state index contributed by atoms with van der Waals surface area (Å²) >= 11 is 0. The van der Waals surface area contributed by atoms with E-state index in [-0.39, 0.29) is 5.78 Å². The minimum absolute atomic E-state index is 0.0385. The number of hydrogen-bond acceptors (Lipinski definition) is 4. The van der Waals surface area contributed by atoms with Crippen molar-refractivity contribution in [3.63, 3.8) is 0 Å². The van der Waals surface area contributed by atoms with Crippen molar-refractivity contribution in [2.24, 2.45) is 7.05 Å². The molecule has 19 heavy (non-hydrogen) atoms. The summed E-state index contributed by atoms with van der Waals surface area (Å²) in [5.74, 6) is 1.39. The monoisotopic (exact) mass is 262 g/mol. The van der Waals surface area contributed by atoms with Gasteiger partial charge in [-0.05, 0) is 7.05 Å². The highest BCUT2D eigenvalue weighted by molar-refractivity contribution is 6.11. The van der Waals surface area contributed by atoms with Gasteiger partial charge in [0.15, 0.2) is 5.78 Å². The highest BCUT2D eigenvalue weighted by Gasteiger charge is 2.18. The minimum atomic E-state index is 0.0385. The molecule has 0 saturated carbocycles. The first-order chi connectivity index (χ1) is 9.12. The molecule has 1 aromatic heterocycles. The summed E-state index contributed by atoms with van der Waals surface area (Å²) in [7, 11) is 6.85. The zero-order chi connectivity index (χ0) is 14.0. The van der Waals surface area contributed by atoms with Crippen LogP contribution in [-0.2, 0) is 7.05 Å². The molecule has 1 N–H and O–H groups in total. The first kappa shape index (κ1) is 13.4. The lowest BCUT2D eigenvalue weighted by molar-refractivity contribution is 0.0995. The van der Waals surface area contributed by atoms with E-state index in [4.69, 9.17) is 9.47 Å². The number of fused-ring (bicyclic) bond motifs is 1. The van der Waals surface area contributed by atoms with Crippen LogP contribution in [0.2, 0.25) is 0 Å². The summed E-state index contributed by atoms with van der Waals surface area (Å²) < 4.78 is 12.5. The maximum Gasteiger partial charge on any atom is 0.178 e. The van der Waals surface area contributed by atoms with Gasteiger partial charge in [0.25, 0.3) is 0 Å². The third-order valence-corrected chi connectivity index (χ3v) is 3.12. The van der Waals surface area contributed by atoms with E-state index in [0.717, 1.165) is 10.9 Å². The van der Waals surface area contributed by atoms with E-state index in [0.29, 0.717) is 23.6 Å². The second-order valence-corrected chi connectivity index (χ2v) is 4.33. The highest BCUT2D eigenvalue weighted by Crippen LogP contribution is 2.34.